The number of rotatable bonds is 5. The third kappa shape index (κ3) is 4.26. The van der Waals surface area contributed by atoms with Crippen LogP contribution < -0.4 is 4.74 Å². The lowest BCUT2D eigenvalue weighted by molar-refractivity contribution is -0.135. The number of halogens is 1. The van der Waals surface area contributed by atoms with Gasteiger partial charge in [-0.25, -0.2) is 4.39 Å². The standard InChI is InChI=1S/C22H26FN5O3/c23-17-5-7-18(8-6-17)31-14-20(29)26-9-1-2-16(12-26)21-25-24-19-13-27(10-11-28(19)21)22(30)15-3-4-15/h5-8,15-16H,1-4,9-14H2. The van der Waals surface area contributed by atoms with E-state index < -0.39 is 0 Å². The average molecular weight is 427 g/mol. The summed E-state index contributed by atoms with van der Waals surface area (Å²) in [7, 11) is 0. The Bertz CT molecular complexity index is 972. The zero-order valence-corrected chi connectivity index (χ0v) is 17.4. The van der Waals surface area contributed by atoms with E-state index in [9.17, 15) is 14.0 Å². The molecular weight excluding hydrogens is 401 g/mol. The smallest absolute Gasteiger partial charge is 0.260 e. The Morgan fingerprint density at radius 3 is 2.61 bits per heavy atom. The van der Waals surface area contributed by atoms with Gasteiger partial charge in [-0.3, -0.25) is 9.59 Å². The number of carbonyl (C=O) groups is 2. The van der Waals surface area contributed by atoms with Crippen LogP contribution in [0.25, 0.3) is 0 Å². The molecule has 2 fully saturated rings. The van der Waals surface area contributed by atoms with Crippen LogP contribution in [-0.4, -0.2) is 62.6 Å². The summed E-state index contributed by atoms with van der Waals surface area (Å²) < 4.78 is 20.7. The SMILES string of the molecule is O=C(COc1ccc(F)cc1)N1CCCC(c2nnc3n2CCN(C(=O)C2CC2)C3)C1. The monoisotopic (exact) mass is 427 g/mol. The molecule has 0 radical (unpaired) electrons. The number of hydrogen-bond acceptors (Lipinski definition) is 5. The number of nitrogens with zero attached hydrogens (tertiary/aromatic N) is 5. The van der Waals surface area contributed by atoms with Gasteiger partial charge >= 0.3 is 0 Å². The lowest BCUT2D eigenvalue weighted by atomic mass is 9.97. The van der Waals surface area contributed by atoms with Gasteiger partial charge in [0.25, 0.3) is 5.91 Å². The Kier molecular flexibility index (Phi) is 5.33. The number of ether oxygens (including phenoxy) is 1. The van der Waals surface area contributed by atoms with Gasteiger partial charge in [0, 0.05) is 38.0 Å². The minimum atomic E-state index is -0.339. The second-order valence-electron chi connectivity index (χ2n) is 8.58. The van der Waals surface area contributed by atoms with Gasteiger partial charge in [0.2, 0.25) is 5.91 Å². The summed E-state index contributed by atoms with van der Waals surface area (Å²) in [6, 6.07) is 5.65. The van der Waals surface area contributed by atoms with Crippen LogP contribution in [0.5, 0.6) is 5.75 Å². The van der Waals surface area contributed by atoms with Crippen LogP contribution in [-0.2, 0) is 22.7 Å². The van der Waals surface area contributed by atoms with E-state index in [1.807, 2.05) is 9.80 Å². The van der Waals surface area contributed by atoms with Crippen LogP contribution in [0.1, 0.15) is 43.3 Å². The minimum absolute atomic E-state index is 0.0749. The van der Waals surface area contributed by atoms with Crippen molar-refractivity contribution in [3.63, 3.8) is 0 Å². The summed E-state index contributed by atoms with van der Waals surface area (Å²) in [5, 5.41) is 8.80. The summed E-state index contributed by atoms with van der Waals surface area (Å²) >= 11 is 0. The second-order valence-corrected chi connectivity index (χ2v) is 8.58. The molecule has 164 valence electrons. The van der Waals surface area contributed by atoms with Crippen LogP contribution in [0.4, 0.5) is 4.39 Å². The molecule has 1 aliphatic carbocycles. The highest BCUT2D eigenvalue weighted by Gasteiger charge is 2.36. The van der Waals surface area contributed by atoms with Gasteiger partial charge in [-0.2, -0.15) is 0 Å². The molecule has 9 heteroatoms. The molecule has 31 heavy (non-hydrogen) atoms. The lowest BCUT2D eigenvalue weighted by Gasteiger charge is -2.33. The molecule has 1 aromatic heterocycles. The molecule has 5 rings (SSSR count). The van der Waals surface area contributed by atoms with Crippen molar-refractivity contribution < 1.29 is 18.7 Å². The van der Waals surface area contributed by atoms with Crippen molar-refractivity contribution >= 4 is 11.8 Å². The molecule has 1 aromatic carbocycles. The maximum atomic E-state index is 13.0. The van der Waals surface area contributed by atoms with Crippen molar-refractivity contribution in [2.75, 3.05) is 26.2 Å². The van der Waals surface area contributed by atoms with Gasteiger partial charge in [0.1, 0.15) is 17.4 Å². The van der Waals surface area contributed by atoms with E-state index in [0.717, 1.165) is 37.3 Å². The molecule has 3 heterocycles. The van der Waals surface area contributed by atoms with Crippen LogP contribution in [0.2, 0.25) is 0 Å². The maximum Gasteiger partial charge on any atom is 0.260 e. The van der Waals surface area contributed by atoms with Gasteiger partial charge in [-0.15, -0.1) is 10.2 Å². The van der Waals surface area contributed by atoms with Crippen molar-refractivity contribution in [3.05, 3.63) is 41.7 Å². The quantitative estimate of drug-likeness (QED) is 0.729. The Hall–Kier alpha value is -2.97. The molecule has 0 N–H and O–H groups in total. The van der Waals surface area contributed by atoms with E-state index in [0.29, 0.717) is 38.5 Å². The van der Waals surface area contributed by atoms with Gasteiger partial charge in [0.05, 0.1) is 6.54 Å². The van der Waals surface area contributed by atoms with E-state index >= 15 is 0 Å². The molecule has 8 nitrogen and oxygen atoms in total. The Balaban J connectivity index is 1.20. The molecule has 3 aliphatic rings. The highest BCUT2D eigenvalue weighted by Crippen LogP contribution is 2.33. The lowest BCUT2D eigenvalue weighted by Crippen LogP contribution is -2.43. The Labute approximate surface area is 180 Å². The van der Waals surface area contributed by atoms with Crippen LogP contribution in [0.15, 0.2) is 24.3 Å². The topological polar surface area (TPSA) is 80.6 Å². The number of amides is 2. The molecule has 0 spiro atoms. The highest BCUT2D eigenvalue weighted by molar-refractivity contribution is 5.81. The fraction of sp³-hybridized carbons (Fsp3) is 0.545. The highest BCUT2D eigenvalue weighted by atomic mass is 19.1. The van der Waals surface area contributed by atoms with Gasteiger partial charge in [-0.1, -0.05) is 0 Å². The predicted octanol–water partition coefficient (Wildman–Crippen LogP) is 1.95. The molecular formula is C22H26FN5O3. The third-order valence-corrected chi connectivity index (χ3v) is 6.34. The average Bonchev–Trinajstić information content (AvgIpc) is 3.57. The maximum absolute atomic E-state index is 13.0. The molecule has 2 aromatic rings. The molecule has 0 bridgehead atoms. The third-order valence-electron chi connectivity index (χ3n) is 6.34. The van der Waals surface area contributed by atoms with E-state index in [-0.39, 0.29) is 36.1 Å². The first-order valence-corrected chi connectivity index (χ1v) is 11.0. The first kappa shape index (κ1) is 20.0. The van der Waals surface area contributed by atoms with Crippen molar-refractivity contribution in [2.24, 2.45) is 5.92 Å². The number of piperidine rings is 1. The summed E-state index contributed by atoms with van der Waals surface area (Å²) in [5.74, 6) is 2.36. The molecule has 1 saturated carbocycles. The van der Waals surface area contributed by atoms with Crippen LogP contribution in [0.3, 0.4) is 0 Å². The zero-order chi connectivity index (χ0) is 21.4. The van der Waals surface area contributed by atoms with E-state index in [4.69, 9.17) is 4.74 Å². The Morgan fingerprint density at radius 2 is 1.84 bits per heavy atom. The van der Waals surface area contributed by atoms with Crippen molar-refractivity contribution in [3.8, 4) is 5.75 Å². The number of fused-ring (bicyclic) bond motifs is 1. The molecule has 2 amide bonds. The number of hydrogen-bond donors (Lipinski definition) is 0. The molecule has 1 atom stereocenters. The van der Waals surface area contributed by atoms with Crippen LogP contribution in [0, 0.1) is 11.7 Å². The zero-order valence-electron chi connectivity index (χ0n) is 17.4. The number of carbonyl (C=O) groups excluding carboxylic acids is 2. The number of benzene rings is 1. The van der Waals surface area contributed by atoms with Crippen molar-refractivity contribution in [1.82, 2.24) is 24.6 Å². The second kappa shape index (κ2) is 8.28. The molecule has 2 aliphatic heterocycles. The Morgan fingerprint density at radius 1 is 1.03 bits per heavy atom. The van der Waals surface area contributed by atoms with Gasteiger partial charge in [0.15, 0.2) is 12.4 Å². The first-order chi connectivity index (χ1) is 15.1. The normalized spacial score (nSPS) is 21.0. The number of aromatic nitrogens is 3. The van der Waals surface area contributed by atoms with E-state index in [2.05, 4.69) is 14.8 Å². The fourth-order valence-electron chi connectivity index (χ4n) is 4.44. The fourth-order valence-corrected chi connectivity index (χ4v) is 4.44. The van der Waals surface area contributed by atoms with Gasteiger partial charge in [-0.05, 0) is 49.9 Å². The first-order valence-electron chi connectivity index (χ1n) is 11.0. The van der Waals surface area contributed by atoms with E-state index in [1.54, 1.807) is 0 Å². The summed E-state index contributed by atoms with van der Waals surface area (Å²) in [6.07, 6.45) is 3.85. The summed E-state index contributed by atoms with van der Waals surface area (Å²) in [5.41, 5.74) is 0. The van der Waals surface area contributed by atoms with E-state index in [1.165, 1.54) is 24.3 Å². The summed E-state index contributed by atoms with van der Waals surface area (Å²) in [6.45, 7) is 3.10. The van der Waals surface area contributed by atoms with Crippen molar-refractivity contribution in [2.45, 2.75) is 44.7 Å². The predicted molar refractivity (Wildman–Crippen MR) is 109 cm³/mol. The van der Waals surface area contributed by atoms with Gasteiger partial charge < -0.3 is 19.1 Å². The number of likely N-dealkylation sites (tertiary alicyclic amines) is 1. The van der Waals surface area contributed by atoms with Crippen molar-refractivity contribution in [1.29, 1.82) is 0 Å². The molecule has 1 unspecified atom stereocenters. The van der Waals surface area contributed by atoms with Crippen LogP contribution >= 0.6 is 0 Å². The minimum Gasteiger partial charge on any atom is -0.484 e. The largest absolute Gasteiger partial charge is 0.484 e. The summed E-state index contributed by atoms with van der Waals surface area (Å²) in [4.78, 5) is 28.7. The molecule has 1 saturated heterocycles.